The standard InChI is InChI=1S/C12H23NO3/c1-3-13-12(2,11(14)15)9-16-8-7-10-5-4-6-10/h10,13H,3-9H2,1-2H3,(H,14,15). The van der Waals surface area contributed by atoms with E-state index in [1.165, 1.54) is 19.3 Å². The molecular weight excluding hydrogens is 206 g/mol. The summed E-state index contributed by atoms with van der Waals surface area (Å²) in [6.07, 6.45) is 5.04. The number of carboxylic acids is 1. The molecule has 0 aromatic rings. The average Bonchev–Trinajstić information content (AvgIpc) is 2.14. The summed E-state index contributed by atoms with van der Waals surface area (Å²) < 4.78 is 5.48. The highest BCUT2D eigenvalue weighted by Crippen LogP contribution is 2.29. The highest BCUT2D eigenvalue weighted by Gasteiger charge is 2.32. The van der Waals surface area contributed by atoms with Gasteiger partial charge in [-0.3, -0.25) is 4.79 Å². The third kappa shape index (κ3) is 3.76. The molecule has 1 atom stereocenters. The molecule has 0 aliphatic heterocycles. The van der Waals surface area contributed by atoms with Crippen LogP contribution in [0.2, 0.25) is 0 Å². The van der Waals surface area contributed by atoms with Crippen molar-refractivity contribution in [1.29, 1.82) is 0 Å². The molecule has 1 unspecified atom stereocenters. The lowest BCUT2D eigenvalue weighted by atomic mass is 9.83. The van der Waals surface area contributed by atoms with Crippen molar-refractivity contribution < 1.29 is 14.6 Å². The molecule has 16 heavy (non-hydrogen) atoms. The molecule has 1 aliphatic rings. The SMILES string of the molecule is CCNC(C)(COCCC1CCC1)C(=O)O. The van der Waals surface area contributed by atoms with E-state index in [9.17, 15) is 4.79 Å². The first-order valence-corrected chi connectivity index (χ1v) is 6.14. The Kier molecular flexibility index (Phi) is 5.22. The Morgan fingerprint density at radius 2 is 2.25 bits per heavy atom. The van der Waals surface area contributed by atoms with Gasteiger partial charge in [0, 0.05) is 6.61 Å². The molecule has 1 rings (SSSR count). The second kappa shape index (κ2) is 6.21. The summed E-state index contributed by atoms with van der Waals surface area (Å²) in [5, 5.41) is 12.0. The van der Waals surface area contributed by atoms with E-state index in [-0.39, 0.29) is 6.61 Å². The van der Waals surface area contributed by atoms with Crippen LogP contribution in [0.4, 0.5) is 0 Å². The van der Waals surface area contributed by atoms with Gasteiger partial charge in [0.2, 0.25) is 0 Å². The number of rotatable bonds is 8. The van der Waals surface area contributed by atoms with Gasteiger partial charge in [-0.1, -0.05) is 26.2 Å². The summed E-state index contributed by atoms with van der Waals surface area (Å²) in [5.41, 5.74) is -0.950. The molecule has 2 N–H and O–H groups in total. The van der Waals surface area contributed by atoms with E-state index in [0.717, 1.165) is 12.3 Å². The number of nitrogens with one attached hydrogen (secondary N) is 1. The molecular formula is C12H23NO3. The summed E-state index contributed by atoms with van der Waals surface area (Å²) in [5.74, 6) is -0.0341. The molecule has 94 valence electrons. The van der Waals surface area contributed by atoms with Crippen molar-refractivity contribution in [3.8, 4) is 0 Å². The first-order valence-electron chi connectivity index (χ1n) is 6.14. The lowest BCUT2D eigenvalue weighted by Gasteiger charge is -2.28. The summed E-state index contributed by atoms with van der Waals surface area (Å²) in [4.78, 5) is 11.1. The van der Waals surface area contributed by atoms with Gasteiger partial charge in [-0.05, 0) is 25.8 Å². The van der Waals surface area contributed by atoms with E-state index in [4.69, 9.17) is 9.84 Å². The van der Waals surface area contributed by atoms with Crippen LogP contribution in [0.1, 0.15) is 39.5 Å². The van der Waals surface area contributed by atoms with Gasteiger partial charge in [0.15, 0.2) is 0 Å². The Morgan fingerprint density at radius 1 is 1.56 bits per heavy atom. The minimum atomic E-state index is -0.950. The monoisotopic (exact) mass is 229 g/mol. The first kappa shape index (κ1) is 13.5. The molecule has 4 nitrogen and oxygen atoms in total. The second-order valence-corrected chi connectivity index (χ2v) is 4.81. The quantitative estimate of drug-likeness (QED) is 0.621. The normalized spacial score (nSPS) is 20.1. The smallest absolute Gasteiger partial charge is 0.326 e. The molecule has 1 fully saturated rings. The number of hydrogen-bond acceptors (Lipinski definition) is 3. The molecule has 1 saturated carbocycles. The second-order valence-electron chi connectivity index (χ2n) is 4.81. The highest BCUT2D eigenvalue weighted by atomic mass is 16.5. The fourth-order valence-electron chi connectivity index (χ4n) is 1.89. The number of ether oxygens (including phenoxy) is 1. The summed E-state index contributed by atoms with van der Waals surface area (Å²) >= 11 is 0. The van der Waals surface area contributed by atoms with Crippen LogP contribution in [0.5, 0.6) is 0 Å². The molecule has 0 bridgehead atoms. The Labute approximate surface area is 97.4 Å². The Balaban J connectivity index is 2.18. The van der Waals surface area contributed by atoms with Gasteiger partial charge in [0.25, 0.3) is 0 Å². The van der Waals surface area contributed by atoms with Crippen LogP contribution >= 0.6 is 0 Å². The van der Waals surface area contributed by atoms with Crippen LogP contribution in [0.25, 0.3) is 0 Å². The van der Waals surface area contributed by atoms with E-state index in [1.54, 1.807) is 6.92 Å². The van der Waals surface area contributed by atoms with Crippen molar-refractivity contribution in [3.05, 3.63) is 0 Å². The lowest BCUT2D eigenvalue weighted by Crippen LogP contribution is -2.53. The number of carbonyl (C=O) groups is 1. The molecule has 0 aromatic carbocycles. The average molecular weight is 229 g/mol. The van der Waals surface area contributed by atoms with Gasteiger partial charge < -0.3 is 15.2 Å². The Hall–Kier alpha value is -0.610. The van der Waals surface area contributed by atoms with Crippen LogP contribution in [-0.2, 0) is 9.53 Å². The van der Waals surface area contributed by atoms with Crippen LogP contribution in [-0.4, -0.2) is 36.4 Å². The maximum absolute atomic E-state index is 11.1. The van der Waals surface area contributed by atoms with E-state index < -0.39 is 11.5 Å². The fraction of sp³-hybridized carbons (Fsp3) is 0.917. The first-order chi connectivity index (χ1) is 7.58. The predicted octanol–water partition coefficient (Wildman–Crippen LogP) is 1.65. The van der Waals surface area contributed by atoms with Crippen molar-refractivity contribution in [3.63, 3.8) is 0 Å². The molecule has 4 heteroatoms. The van der Waals surface area contributed by atoms with E-state index in [2.05, 4.69) is 5.32 Å². The van der Waals surface area contributed by atoms with Gasteiger partial charge in [-0.25, -0.2) is 0 Å². The third-order valence-corrected chi connectivity index (χ3v) is 3.32. The molecule has 0 aromatic heterocycles. The zero-order chi connectivity index (χ0) is 12.0. The molecule has 0 heterocycles. The van der Waals surface area contributed by atoms with Crippen molar-refractivity contribution in [2.45, 2.75) is 45.1 Å². The number of hydrogen-bond donors (Lipinski definition) is 2. The van der Waals surface area contributed by atoms with E-state index in [0.29, 0.717) is 13.2 Å². The topological polar surface area (TPSA) is 58.6 Å². The van der Waals surface area contributed by atoms with Gasteiger partial charge in [-0.2, -0.15) is 0 Å². The van der Waals surface area contributed by atoms with Crippen LogP contribution in [0.3, 0.4) is 0 Å². The highest BCUT2D eigenvalue weighted by molar-refractivity contribution is 5.78. The van der Waals surface area contributed by atoms with Gasteiger partial charge in [0.1, 0.15) is 5.54 Å². The van der Waals surface area contributed by atoms with Crippen LogP contribution < -0.4 is 5.32 Å². The number of likely N-dealkylation sites (N-methyl/N-ethyl adjacent to an activating group) is 1. The maximum Gasteiger partial charge on any atom is 0.326 e. The van der Waals surface area contributed by atoms with Crippen LogP contribution in [0.15, 0.2) is 0 Å². The minimum absolute atomic E-state index is 0.239. The van der Waals surface area contributed by atoms with Gasteiger partial charge in [0.05, 0.1) is 6.61 Å². The molecule has 0 radical (unpaired) electrons. The number of carboxylic acid groups (broad SMARTS) is 1. The molecule has 0 amide bonds. The minimum Gasteiger partial charge on any atom is -0.480 e. The van der Waals surface area contributed by atoms with Crippen molar-refractivity contribution in [1.82, 2.24) is 5.32 Å². The summed E-state index contributed by atoms with van der Waals surface area (Å²) in [6, 6.07) is 0. The molecule has 0 spiro atoms. The van der Waals surface area contributed by atoms with Crippen molar-refractivity contribution in [2.75, 3.05) is 19.8 Å². The zero-order valence-electron chi connectivity index (χ0n) is 10.3. The fourth-order valence-corrected chi connectivity index (χ4v) is 1.89. The van der Waals surface area contributed by atoms with E-state index in [1.807, 2.05) is 6.92 Å². The van der Waals surface area contributed by atoms with E-state index >= 15 is 0 Å². The predicted molar refractivity (Wildman–Crippen MR) is 62.5 cm³/mol. The molecule has 0 saturated heterocycles. The Morgan fingerprint density at radius 3 is 2.69 bits per heavy atom. The Bertz CT molecular complexity index is 228. The third-order valence-electron chi connectivity index (χ3n) is 3.32. The zero-order valence-corrected chi connectivity index (χ0v) is 10.3. The van der Waals surface area contributed by atoms with Crippen LogP contribution in [0, 0.1) is 5.92 Å². The van der Waals surface area contributed by atoms with Gasteiger partial charge in [-0.15, -0.1) is 0 Å². The summed E-state index contributed by atoms with van der Waals surface area (Å²) in [7, 11) is 0. The molecule has 1 aliphatic carbocycles. The summed E-state index contributed by atoms with van der Waals surface area (Å²) in [6.45, 7) is 5.12. The van der Waals surface area contributed by atoms with Gasteiger partial charge >= 0.3 is 5.97 Å². The maximum atomic E-state index is 11.1. The van der Waals surface area contributed by atoms with Crippen molar-refractivity contribution in [2.24, 2.45) is 5.92 Å². The van der Waals surface area contributed by atoms with Crippen molar-refractivity contribution >= 4 is 5.97 Å². The lowest BCUT2D eigenvalue weighted by molar-refractivity contribution is -0.147. The number of aliphatic carboxylic acids is 1. The largest absolute Gasteiger partial charge is 0.480 e.